The molecule has 0 saturated carbocycles. The molecule has 3 aromatic rings. The van der Waals surface area contributed by atoms with Gasteiger partial charge in [-0.3, -0.25) is 0 Å². The molecule has 1 N–H and O–H groups in total. The summed E-state index contributed by atoms with van der Waals surface area (Å²) >= 11 is 0. The van der Waals surface area contributed by atoms with E-state index >= 15 is 0 Å². The van der Waals surface area contributed by atoms with Crippen LogP contribution < -0.4 is 0 Å². The van der Waals surface area contributed by atoms with Gasteiger partial charge in [-0.15, -0.1) is 0 Å². The molecule has 0 aliphatic heterocycles. The summed E-state index contributed by atoms with van der Waals surface area (Å²) in [5, 5.41) is 13.0. The molecular weight excluding hydrogens is 285 g/mol. The Hall–Kier alpha value is -2.83. The third-order valence-corrected chi connectivity index (χ3v) is 2.75. The van der Waals surface area contributed by atoms with Crippen LogP contribution in [0.4, 0.5) is 13.2 Å². The quantitative estimate of drug-likeness (QED) is 0.785. The van der Waals surface area contributed by atoms with Crippen LogP contribution in [0, 0.1) is 17.5 Å². The van der Waals surface area contributed by atoms with Crippen LogP contribution in [-0.2, 0) is 0 Å². The number of rotatable bonds is 2. The van der Waals surface area contributed by atoms with Crippen LogP contribution in [0.1, 0.15) is 0 Å². The normalized spacial score (nSPS) is 10.8. The molecule has 0 fully saturated rings. The molecule has 0 aliphatic carbocycles. The molecule has 7 heteroatoms. The Morgan fingerprint density at radius 1 is 1.00 bits per heavy atom. The summed E-state index contributed by atoms with van der Waals surface area (Å²) in [5.41, 5.74) is -0.191. The number of phenols is 1. The number of aromatic hydroxyl groups is 1. The van der Waals surface area contributed by atoms with Gasteiger partial charge in [-0.05, 0) is 12.1 Å². The van der Waals surface area contributed by atoms with Gasteiger partial charge in [0.25, 0.3) is 5.89 Å². The van der Waals surface area contributed by atoms with E-state index in [1.54, 1.807) is 12.1 Å². The zero-order chi connectivity index (χ0) is 15.0. The Balaban J connectivity index is 2.07. The minimum Gasteiger partial charge on any atom is -0.508 e. The van der Waals surface area contributed by atoms with Crippen LogP contribution in [0.3, 0.4) is 0 Å². The van der Waals surface area contributed by atoms with Crippen molar-refractivity contribution < 1.29 is 22.8 Å². The van der Waals surface area contributed by atoms with Crippen LogP contribution >= 0.6 is 0 Å². The highest BCUT2D eigenvalue weighted by atomic mass is 19.1. The lowest BCUT2D eigenvalue weighted by Gasteiger charge is -1.99. The van der Waals surface area contributed by atoms with E-state index in [1.807, 2.05) is 0 Å². The minimum atomic E-state index is -1.14. The third kappa shape index (κ3) is 2.45. The molecule has 21 heavy (non-hydrogen) atoms. The van der Waals surface area contributed by atoms with E-state index < -0.39 is 28.9 Å². The second-order valence-electron chi connectivity index (χ2n) is 4.22. The molecule has 0 unspecified atom stereocenters. The monoisotopic (exact) mass is 292 g/mol. The van der Waals surface area contributed by atoms with E-state index in [4.69, 9.17) is 4.52 Å². The predicted molar refractivity (Wildman–Crippen MR) is 66.7 cm³/mol. The zero-order valence-corrected chi connectivity index (χ0v) is 10.3. The topological polar surface area (TPSA) is 59.2 Å². The van der Waals surface area contributed by atoms with Crippen molar-refractivity contribution in [3.05, 3.63) is 53.8 Å². The van der Waals surface area contributed by atoms with Crippen molar-refractivity contribution >= 4 is 0 Å². The average molecular weight is 292 g/mol. The van der Waals surface area contributed by atoms with Crippen LogP contribution in [0.25, 0.3) is 22.8 Å². The lowest BCUT2D eigenvalue weighted by Crippen LogP contribution is -1.92. The average Bonchev–Trinajstić information content (AvgIpc) is 2.87. The van der Waals surface area contributed by atoms with Gasteiger partial charge in [-0.25, -0.2) is 13.2 Å². The summed E-state index contributed by atoms with van der Waals surface area (Å²) < 4.78 is 44.9. The van der Waals surface area contributed by atoms with Crippen molar-refractivity contribution in [1.29, 1.82) is 0 Å². The Bertz CT molecular complexity index is 794. The number of hydrogen-bond donors (Lipinski definition) is 1. The first-order valence-electron chi connectivity index (χ1n) is 5.82. The van der Waals surface area contributed by atoms with Gasteiger partial charge < -0.3 is 9.63 Å². The first-order chi connectivity index (χ1) is 10.0. The second kappa shape index (κ2) is 4.93. The molecule has 3 rings (SSSR count). The van der Waals surface area contributed by atoms with Crippen molar-refractivity contribution in [2.75, 3.05) is 0 Å². The summed E-state index contributed by atoms with van der Waals surface area (Å²) in [6, 6.07) is 7.01. The number of phenolic OH excluding ortho intramolecular Hbond substituents is 1. The van der Waals surface area contributed by atoms with E-state index in [-0.39, 0.29) is 11.6 Å². The summed E-state index contributed by atoms with van der Waals surface area (Å²) in [6.45, 7) is 0. The molecule has 106 valence electrons. The molecule has 0 atom stereocenters. The summed E-state index contributed by atoms with van der Waals surface area (Å²) in [5.74, 6) is -3.70. The zero-order valence-electron chi connectivity index (χ0n) is 10.3. The molecule has 1 heterocycles. The highest BCUT2D eigenvalue weighted by molar-refractivity contribution is 5.61. The van der Waals surface area contributed by atoms with Crippen molar-refractivity contribution in [2.45, 2.75) is 0 Å². The molecule has 1 aromatic heterocycles. The van der Waals surface area contributed by atoms with E-state index in [2.05, 4.69) is 10.1 Å². The van der Waals surface area contributed by atoms with Crippen molar-refractivity contribution in [1.82, 2.24) is 10.1 Å². The lowest BCUT2D eigenvalue weighted by atomic mass is 10.2. The molecule has 4 nitrogen and oxygen atoms in total. The molecule has 0 aliphatic rings. The van der Waals surface area contributed by atoms with Crippen LogP contribution in [0.5, 0.6) is 5.75 Å². The SMILES string of the molecule is Oc1cccc(-c2noc(-c3c(F)cc(F)cc3F)n2)c1. The number of halogens is 3. The highest BCUT2D eigenvalue weighted by Crippen LogP contribution is 2.28. The smallest absolute Gasteiger partial charge is 0.264 e. The number of hydrogen-bond acceptors (Lipinski definition) is 4. The molecule has 0 bridgehead atoms. The first-order valence-corrected chi connectivity index (χ1v) is 5.82. The Kier molecular flexibility index (Phi) is 3.09. The molecule has 2 aromatic carbocycles. The van der Waals surface area contributed by atoms with Crippen LogP contribution in [0.2, 0.25) is 0 Å². The maximum Gasteiger partial charge on any atom is 0.264 e. The van der Waals surface area contributed by atoms with Gasteiger partial charge in [0.15, 0.2) is 0 Å². The summed E-state index contributed by atoms with van der Waals surface area (Å²) in [4.78, 5) is 3.85. The standard InChI is InChI=1S/C14H7F3N2O2/c15-8-5-10(16)12(11(17)6-8)14-18-13(19-21-14)7-2-1-3-9(20)4-7/h1-6,20H. The lowest BCUT2D eigenvalue weighted by molar-refractivity contribution is 0.425. The third-order valence-electron chi connectivity index (χ3n) is 2.75. The van der Waals surface area contributed by atoms with Gasteiger partial charge in [0, 0.05) is 17.7 Å². The van der Waals surface area contributed by atoms with Crippen molar-refractivity contribution in [3.8, 4) is 28.6 Å². The van der Waals surface area contributed by atoms with Crippen molar-refractivity contribution in [3.63, 3.8) is 0 Å². The largest absolute Gasteiger partial charge is 0.508 e. The first kappa shape index (κ1) is 13.2. The summed E-state index contributed by atoms with van der Waals surface area (Å²) in [6.07, 6.45) is 0. The fraction of sp³-hybridized carbons (Fsp3) is 0. The van der Waals surface area contributed by atoms with Gasteiger partial charge in [0.1, 0.15) is 28.8 Å². The van der Waals surface area contributed by atoms with E-state index in [0.29, 0.717) is 17.7 Å². The van der Waals surface area contributed by atoms with E-state index in [1.165, 1.54) is 12.1 Å². The van der Waals surface area contributed by atoms with Crippen molar-refractivity contribution in [2.24, 2.45) is 0 Å². The van der Waals surface area contributed by atoms with E-state index in [0.717, 1.165) is 0 Å². The second-order valence-corrected chi connectivity index (χ2v) is 4.22. The molecule has 0 radical (unpaired) electrons. The predicted octanol–water partition coefficient (Wildman–Crippen LogP) is 3.53. The van der Waals surface area contributed by atoms with E-state index in [9.17, 15) is 18.3 Å². The van der Waals surface area contributed by atoms with Crippen LogP contribution in [0.15, 0.2) is 40.9 Å². The van der Waals surface area contributed by atoms with Gasteiger partial charge in [-0.1, -0.05) is 17.3 Å². The Labute approximate surface area is 116 Å². The molecular formula is C14H7F3N2O2. The Morgan fingerprint density at radius 2 is 1.71 bits per heavy atom. The number of benzene rings is 2. The number of aromatic nitrogens is 2. The Morgan fingerprint density at radius 3 is 2.38 bits per heavy atom. The van der Waals surface area contributed by atoms with Gasteiger partial charge in [-0.2, -0.15) is 4.98 Å². The van der Waals surface area contributed by atoms with Gasteiger partial charge in [0.2, 0.25) is 5.82 Å². The maximum atomic E-state index is 13.6. The minimum absolute atomic E-state index is 0.0157. The van der Waals surface area contributed by atoms with Crippen LogP contribution in [-0.4, -0.2) is 15.2 Å². The molecule has 0 amide bonds. The fourth-order valence-electron chi connectivity index (χ4n) is 1.83. The maximum absolute atomic E-state index is 13.6. The summed E-state index contributed by atoms with van der Waals surface area (Å²) in [7, 11) is 0. The van der Waals surface area contributed by atoms with Gasteiger partial charge in [0.05, 0.1) is 0 Å². The molecule has 0 saturated heterocycles. The highest BCUT2D eigenvalue weighted by Gasteiger charge is 2.20. The molecule has 0 spiro atoms. The fourth-order valence-corrected chi connectivity index (χ4v) is 1.83. The number of nitrogens with zero attached hydrogens (tertiary/aromatic N) is 2. The van der Waals surface area contributed by atoms with Gasteiger partial charge >= 0.3 is 0 Å².